The molecule has 0 radical (unpaired) electrons. The largest absolute Gasteiger partial charge is 0.271 e. The highest BCUT2D eigenvalue weighted by molar-refractivity contribution is 6.31. The topological polar surface area (TPSA) is 38.0 Å². The Kier molecular flexibility index (Phi) is 4.77. The molecule has 0 amide bonds. The Hall–Kier alpha value is -1.13. The molecule has 0 aliphatic rings. The van der Waals surface area contributed by atoms with Crippen molar-refractivity contribution in [2.24, 2.45) is 5.84 Å². The maximum absolute atomic E-state index is 13.4. The van der Waals surface area contributed by atoms with Crippen molar-refractivity contribution in [1.82, 2.24) is 5.43 Å². The normalized spacial score (nSPS) is 12.4. The van der Waals surface area contributed by atoms with Crippen molar-refractivity contribution in [2.45, 2.75) is 12.5 Å². The van der Waals surface area contributed by atoms with Gasteiger partial charge in [-0.1, -0.05) is 41.4 Å². The average Bonchev–Trinajstić information content (AvgIpc) is 2.40. The van der Waals surface area contributed by atoms with E-state index < -0.39 is 5.82 Å². The van der Waals surface area contributed by atoms with Crippen LogP contribution >= 0.6 is 23.2 Å². The minimum atomic E-state index is -0.430. The third-order valence-electron chi connectivity index (χ3n) is 2.88. The van der Waals surface area contributed by atoms with Gasteiger partial charge in [-0.05, 0) is 41.8 Å². The molecule has 2 aromatic carbocycles. The Morgan fingerprint density at radius 2 is 1.95 bits per heavy atom. The van der Waals surface area contributed by atoms with Crippen LogP contribution in [0.3, 0.4) is 0 Å². The lowest BCUT2D eigenvalue weighted by Crippen LogP contribution is -2.29. The Bertz CT molecular complexity index is 575. The van der Waals surface area contributed by atoms with Crippen LogP contribution in [0.1, 0.15) is 17.2 Å². The van der Waals surface area contributed by atoms with E-state index in [-0.39, 0.29) is 11.1 Å². The molecular formula is C14H13Cl2FN2. The van der Waals surface area contributed by atoms with Gasteiger partial charge in [0.05, 0.1) is 11.1 Å². The first kappa shape index (κ1) is 14.3. The van der Waals surface area contributed by atoms with Gasteiger partial charge in [0, 0.05) is 5.02 Å². The third-order valence-corrected chi connectivity index (χ3v) is 3.42. The predicted molar refractivity (Wildman–Crippen MR) is 76.6 cm³/mol. The van der Waals surface area contributed by atoms with E-state index >= 15 is 0 Å². The number of nitrogens with two attached hydrogens (primary N) is 1. The van der Waals surface area contributed by atoms with Gasteiger partial charge in [0.15, 0.2) is 0 Å². The monoisotopic (exact) mass is 298 g/mol. The molecule has 1 atom stereocenters. The van der Waals surface area contributed by atoms with Crippen LogP contribution in [0.2, 0.25) is 10.0 Å². The molecule has 0 spiro atoms. The van der Waals surface area contributed by atoms with Gasteiger partial charge in [0.2, 0.25) is 0 Å². The van der Waals surface area contributed by atoms with Crippen LogP contribution in [-0.4, -0.2) is 0 Å². The van der Waals surface area contributed by atoms with E-state index in [9.17, 15) is 4.39 Å². The van der Waals surface area contributed by atoms with Gasteiger partial charge >= 0.3 is 0 Å². The summed E-state index contributed by atoms with van der Waals surface area (Å²) in [5.74, 6) is 5.13. The number of benzene rings is 2. The van der Waals surface area contributed by atoms with E-state index in [0.717, 1.165) is 11.1 Å². The highest BCUT2D eigenvalue weighted by Gasteiger charge is 2.12. The number of hydrogen-bond acceptors (Lipinski definition) is 2. The summed E-state index contributed by atoms with van der Waals surface area (Å²) in [6.07, 6.45) is 0.547. The molecule has 0 aliphatic carbocycles. The number of hydrogen-bond donors (Lipinski definition) is 2. The molecule has 2 rings (SSSR count). The van der Waals surface area contributed by atoms with Gasteiger partial charge in [-0.2, -0.15) is 0 Å². The summed E-state index contributed by atoms with van der Waals surface area (Å²) in [4.78, 5) is 0. The van der Waals surface area contributed by atoms with Crippen molar-refractivity contribution in [1.29, 1.82) is 0 Å². The minimum absolute atomic E-state index is 0.115. The first-order valence-corrected chi connectivity index (χ1v) is 6.51. The number of halogens is 3. The Labute approximate surface area is 121 Å². The second-order valence-electron chi connectivity index (χ2n) is 4.23. The van der Waals surface area contributed by atoms with E-state index in [1.165, 1.54) is 12.1 Å². The zero-order valence-corrected chi connectivity index (χ0v) is 11.5. The van der Waals surface area contributed by atoms with E-state index in [2.05, 4.69) is 5.43 Å². The molecule has 19 heavy (non-hydrogen) atoms. The van der Waals surface area contributed by atoms with Crippen molar-refractivity contribution in [3.8, 4) is 0 Å². The Balaban J connectivity index is 2.21. The zero-order chi connectivity index (χ0) is 13.8. The molecule has 2 aromatic rings. The van der Waals surface area contributed by atoms with Gasteiger partial charge in [0.25, 0.3) is 0 Å². The molecule has 3 N–H and O–H groups in total. The van der Waals surface area contributed by atoms with Crippen LogP contribution < -0.4 is 11.3 Å². The van der Waals surface area contributed by atoms with E-state index in [1.54, 1.807) is 12.1 Å². The van der Waals surface area contributed by atoms with Crippen molar-refractivity contribution < 1.29 is 4.39 Å². The molecule has 0 fully saturated rings. The molecule has 0 heterocycles. The van der Waals surface area contributed by atoms with E-state index in [1.807, 2.05) is 18.2 Å². The van der Waals surface area contributed by atoms with E-state index in [0.29, 0.717) is 11.4 Å². The molecule has 0 saturated carbocycles. The van der Waals surface area contributed by atoms with Crippen molar-refractivity contribution in [2.75, 3.05) is 0 Å². The van der Waals surface area contributed by atoms with Crippen molar-refractivity contribution >= 4 is 23.2 Å². The zero-order valence-electron chi connectivity index (χ0n) is 10.0. The average molecular weight is 299 g/mol. The number of rotatable bonds is 4. The number of hydrazine groups is 1. The first-order chi connectivity index (χ1) is 9.10. The molecule has 0 bridgehead atoms. The van der Waals surface area contributed by atoms with Crippen LogP contribution in [0.15, 0.2) is 42.5 Å². The van der Waals surface area contributed by atoms with Gasteiger partial charge in [-0.15, -0.1) is 0 Å². The second-order valence-corrected chi connectivity index (χ2v) is 5.07. The maximum Gasteiger partial charge on any atom is 0.142 e. The van der Waals surface area contributed by atoms with Gasteiger partial charge < -0.3 is 0 Å². The fourth-order valence-electron chi connectivity index (χ4n) is 1.90. The summed E-state index contributed by atoms with van der Waals surface area (Å²) in [6.45, 7) is 0. The fraction of sp³-hybridized carbons (Fsp3) is 0.143. The minimum Gasteiger partial charge on any atom is -0.271 e. The lowest BCUT2D eigenvalue weighted by molar-refractivity contribution is 0.548. The van der Waals surface area contributed by atoms with Crippen LogP contribution in [0.25, 0.3) is 0 Å². The molecule has 100 valence electrons. The fourth-order valence-corrected chi connectivity index (χ4v) is 2.21. The van der Waals surface area contributed by atoms with Crippen molar-refractivity contribution in [3.05, 3.63) is 69.5 Å². The highest BCUT2D eigenvalue weighted by atomic mass is 35.5. The van der Waals surface area contributed by atoms with Gasteiger partial charge in [-0.25, -0.2) is 4.39 Å². The quantitative estimate of drug-likeness (QED) is 0.664. The third kappa shape index (κ3) is 3.67. The molecule has 0 aromatic heterocycles. The maximum atomic E-state index is 13.4. The second kappa shape index (κ2) is 6.35. The predicted octanol–water partition coefficient (Wildman–Crippen LogP) is 3.88. The molecule has 5 heteroatoms. The standard InChI is InChI=1S/C14H13Cl2FN2/c15-11-3-1-2-10(8-11)14(19-18)7-9-4-5-12(16)13(17)6-9/h1-6,8,14,19H,7,18H2. The Morgan fingerprint density at radius 1 is 1.16 bits per heavy atom. The Morgan fingerprint density at radius 3 is 2.58 bits per heavy atom. The summed E-state index contributed by atoms with van der Waals surface area (Å²) < 4.78 is 13.4. The molecule has 2 nitrogen and oxygen atoms in total. The summed E-state index contributed by atoms with van der Waals surface area (Å²) in [5.41, 5.74) is 4.47. The highest BCUT2D eigenvalue weighted by Crippen LogP contribution is 2.23. The summed E-state index contributed by atoms with van der Waals surface area (Å²) in [7, 11) is 0. The lowest BCUT2D eigenvalue weighted by Gasteiger charge is -2.17. The molecule has 0 aliphatic heterocycles. The summed E-state index contributed by atoms with van der Waals surface area (Å²) in [5, 5.41) is 0.754. The van der Waals surface area contributed by atoms with E-state index in [4.69, 9.17) is 29.0 Å². The number of nitrogens with one attached hydrogen (secondary N) is 1. The first-order valence-electron chi connectivity index (χ1n) is 5.75. The summed E-state index contributed by atoms with van der Waals surface area (Å²) in [6, 6.07) is 12.0. The molecule has 0 saturated heterocycles. The van der Waals surface area contributed by atoms with Crippen molar-refractivity contribution in [3.63, 3.8) is 0 Å². The smallest absolute Gasteiger partial charge is 0.142 e. The lowest BCUT2D eigenvalue weighted by atomic mass is 9.99. The van der Waals surface area contributed by atoms with Gasteiger partial charge in [0.1, 0.15) is 5.82 Å². The van der Waals surface area contributed by atoms with Gasteiger partial charge in [-0.3, -0.25) is 11.3 Å². The van der Waals surface area contributed by atoms with Crippen LogP contribution in [0.5, 0.6) is 0 Å². The summed E-state index contributed by atoms with van der Waals surface area (Å²) >= 11 is 11.6. The molecule has 1 unspecified atom stereocenters. The van der Waals surface area contributed by atoms with Crippen LogP contribution in [-0.2, 0) is 6.42 Å². The van der Waals surface area contributed by atoms with Crippen LogP contribution in [0, 0.1) is 5.82 Å². The SMILES string of the molecule is NNC(Cc1ccc(Cl)c(F)c1)c1cccc(Cl)c1. The van der Waals surface area contributed by atoms with Crippen LogP contribution in [0.4, 0.5) is 4.39 Å². The molecular weight excluding hydrogens is 286 g/mol.